The second kappa shape index (κ2) is 2.63. The Morgan fingerprint density at radius 3 is 2.45 bits per heavy atom. The number of rotatable bonds is 2. The molecule has 0 amide bonds. The van der Waals surface area contributed by atoms with E-state index >= 15 is 0 Å². The van der Waals surface area contributed by atoms with Gasteiger partial charge in [-0.2, -0.15) is 0 Å². The molecule has 1 nitrogen and oxygen atoms in total. The Hall–Kier alpha value is -0.300. The zero-order chi connectivity index (χ0) is 8.54. The van der Waals surface area contributed by atoms with Crippen molar-refractivity contribution in [2.24, 2.45) is 5.41 Å². The van der Waals surface area contributed by atoms with E-state index in [-0.39, 0.29) is 5.41 Å². The fraction of sp³-hybridized carbons (Fsp3) is 0.800. The fourth-order valence-corrected chi connectivity index (χ4v) is 2.03. The van der Waals surface area contributed by atoms with Gasteiger partial charge in [-0.3, -0.25) is 0 Å². The van der Waals surface area contributed by atoms with Crippen LogP contribution in [-0.2, 0) is 0 Å². The Bertz CT molecular complexity index is 160. The summed E-state index contributed by atoms with van der Waals surface area (Å²) in [5, 5.41) is 10.00. The van der Waals surface area contributed by atoms with E-state index in [1.165, 1.54) is 0 Å². The normalized spacial score (nSPS) is 44.3. The molecule has 2 atom stereocenters. The smallest absolute Gasteiger partial charge is 0.0676 e. The van der Waals surface area contributed by atoms with E-state index in [9.17, 15) is 5.11 Å². The van der Waals surface area contributed by atoms with Gasteiger partial charge in [0.05, 0.1) is 5.60 Å². The van der Waals surface area contributed by atoms with Crippen LogP contribution in [0.3, 0.4) is 0 Å². The van der Waals surface area contributed by atoms with Crippen molar-refractivity contribution in [3.63, 3.8) is 0 Å². The SMILES string of the molecule is C=CCC1(C)CCCC1(C)O. The van der Waals surface area contributed by atoms with E-state index in [1.807, 2.05) is 13.0 Å². The molecule has 0 radical (unpaired) electrons. The zero-order valence-electron chi connectivity index (χ0n) is 7.56. The van der Waals surface area contributed by atoms with Crippen molar-refractivity contribution in [2.45, 2.75) is 45.1 Å². The Kier molecular flexibility index (Phi) is 2.10. The monoisotopic (exact) mass is 154 g/mol. The van der Waals surface area contributed by atoms with E-state index in [0.29, 0.717) is 0 Å². The Morgan fingerprint density at radius 1 is 1.45 bits per heavy atom. The third-order valence-corrected chi connectivity index (χ3v) is 3.29. The summed E-state index contributed by atoms with van der Waals surface area (Å²) in [7, 11) is 0. The van der Waals surface area contributed by atoms with E-state index < -0.39 is 5.60 Å². The highest BCUT2D eigenvalue weighted by molar-refractivity contribution is 5.01. The highest BCUT2D eigenvalue weighted by Gasteiger charge is 2.45. The molecule has 0 heterocycles. The maximum absolute atomic E-state index is 10.00. The molecule has 0 aromatic heterocycles. The lowest BCUT2D eigenvalue weighted by Gasteiger charge is -2.36. The molecule has 11 heavy (non-hydrogen) atoms. The molecule has 1 N–H and O–H groups in total. The molecule has 1 heteroatoms. The van der Waals surface area contributed by atoms with Gasteiger partial charge in [0.25, 0.3) is 0 Å². The summed E-state index contributed by atoms with van der Waals surface area (Å²) in [6, 6.07) is 0. The fourth-order valence-electron chi connectivity index (χ4n) is 2.03. The first-order valence-corrected chi connectivity index (χ1v) is 4.35. The highest BCUT2D eigenvalue weighted by Crippen LogP contribution is 2.48. The molecule has 0 aromatic carbocycles. The van der Waals surface area contributed by atoms with Crippen molar-refractivity contribution < 1.29 is 5.11 Å². The summed E-state index contributed by atoms with van der Waals surface area (Å²) < 4.78 is 0. The maximum Gasteiger partial charge on any atom is 0.0676 e. The van der Waals surface area contributed by atoms with Crippen LogP contribution in [-0.4, -0.2) is 10.7 Å². The minimum Gasteiger partial charge on any atom is -0.390 e. The number of aliphatic hydroxyl groups is 1. The molecule has 0 bridgehead atoms. The lowest BCUT2D eigenvalue weighted by molar-refractivity contribution is -0.0338. The van der Waals surface area contributed by atoms with Crippen LogP contribution in [0.1, 0.15) is 39.5 Å². The number of allylic oxidation sites excluding steroid dienone is 1. The first-order valence-electron chi connectivity index (χ1n) is 4.35. The largest absolute Gasteiger partial charge is 0.390 e. The molecular weight excluding hydrogens is 136 g/mol. The molecule has 0 spiro atoms. The van der Waals surface area contributed by atoms with Crippen molar-refractivity contribution in [2.75, 3.05) is 0 Å². The predicted molar refractivity (Wildman–Crippen MR) is 47.4 cm³/mol. The zero-order valence-corrected chi connectivity index (χ0v) is 7.56. The average molecular weight is 154 g/mol. The summed E-state index contributed by atoms with van der Waals surface area (Å²) in [6.45, 7) is 7.83. The molecule has 2 unspecified atom stereocenters. The van der Waals surface area contributed by atoms with E-state index in [1.54, 1.807) is 0 Å². The van der Waals surface area contributed by atoms with Crippen molar-refractivity contribution >= 4 is 0 Å². The Morgan fingerprint density at radius 2 is 2.09 bits per heavy atom. The summed E-state index contributed by atoms with van der Waals surface area (Å²) in [6.07, 6.45) is 6.07. The van der Waals surface area contributed by atoms with Gasteiger partial charge in [-0.25, -0.2) is 0 Å². The van der Waals surface area contributed by atoms with Gasteiger partial charge < -0.3 is 5.11 Å². The third kappa shape index (κ3) is 1.34. The molecule has 1 saturated carbocycles. The van der Waals surface area contributed by atoms with Crippen LogP contribution in [0.25, 0.3) is 0 Å². The maximum atomic E-state index is 10.00. The van der Waals surface area contributed by atoms with Crippen molar-refractivity contribution in [1.82, 2.24) is 0 Å². The molecule has 1 aliphatic rings. The average Bonchev–Trinajstić information content (AvgIpc) is 2.09. The third-order valence-electron chi connectivity index (χ3n) is 3.29. The first kappa shape index (κ1) is 8.79. The van der Waals surface area contributed by atoms with Crippen LogP contribution < -0.4 is 0 Å². The van der Waals surface area contributed by atoms with Gasteiger partial charge in [0.2, 0.25) is 0 Å². The molecule has 64 valence electrons. The molecule has 1 aliphatic carbocycles. The van der Waals surface area contributed by atoms with Gasteiger partial charge in [0, 0.05) is 0 Å². The van der Waals surface area contributed by atoms with Crippen LogP contribution in [0.15, 0.2) is 12.7 Å². The molecule has 0 aliphatic heterocycles. The molecular formula is C10H18O. The lowest BCUT2D eigenvalue weighted by Crippen LogP contribution is -2.38. The summed E-state index contributed by atoms with van der Waals surface area (Å²) >= 11 is 0. The van der Waals surface area contributed by atoms with Crippen molar-refractivity contribution in [3.8, 4) is 0 Å². The standard InChI is InChI=1S/C10H18O/c1-4-6-9(2)7-5-8-10(9,3)11/h4,11H,1,5-8H2,2-3H3. The molecule has 1 rings (SSSR count). The van der Waals surface area contributed by atoms with Crippen molar-refractivity contribution in [3.05, 3.63) is 12.7 Å². The number of hydrogen-bond acceptors (Lipinski definition) is 1. The van der Waals surface area contributed by atoms with Crippen LogP contribution in [0, 0.1) is 5.41 Å². The second-order valence-corrected chi connectivity index (χ2v) is 4.18. The Balaban J connectivity index is 2.75. The topological polar surface area (TPSA) is 20.2 Å². The van der Waals surface area contributed by atoms with E-state index in [2.05, 4.69) is 13.5 Å². The highest BCUT2D eigenvalue weighted by atomic mass is 16.3. The van der Waals surface area contributed by atoms with Gasteiger partial charge in [0.1, 0.15) is 0 Å². The second-order valence-electron chi connectivity index (χ2n) is 4.18. The van der Waals surface area contributed by atoms with Gasteiger partial charge in [0.15, 0.2) is 0 Å². The summed E-state index contributed by atoms with van der Waals surface area (Å²) in [4.78, 5) is 0. The minimum atomic E-state index is -0.471. The van der Waals surface area contributed by atoms with Gasteiger partial charge in [-0.05, 0) is 38.0 Å². The summed E-state index contributed by atoms with van der Waals surface area (Å²) in [5.74, 6) is 0. The number of hydrogen-bond donors (Lipinski definition) is 1. The van der Waals surface area contributed by atoms with Gasteiger partial charge in [-0.15, -0.1) is 6.58 Å². The van der Waals surface area contributed by atoms with E-state index in [4.69, 9.17) is 0 Å². The van der Waals surface area contributed by atoms with Crippen molar-refractivity contribution in [1.29, 1.82) is 0 Å². The quantitative estimate of drug-likeness (QED) is 0.606. The molecule has 0 aromatic rings. The Labute approximate surface area is 69.1 Å². The molecule has 1 fully saturated rings. The van der Waals surface area contributed by atoms with Crippen LogP contribution in [0.2, 0.25) is 0 Å². The van der Waals surface area contributed by atoms with Crippen LogP contribution >= 0.6 is 0 Å². The van der Waals surface area contributed by atoms with Crippen LogP contribution in [0.5, 0.6) is 0 Å². The molecule has 0 saturated heterocycles. The summed E-state index contributed by atoms with van der Waals surface area (Å²) in [5.41, 5.74) is -0.393. The van der Waals surface area contributed by atoms with E-state index in [0.717, 1.165) is 25.7 Å². The lowest BCUT2D eigenvalue weighted by atomic mass is 9.75. The van der Waals surface area contributed by atoms with Gasteiger partial charge in [-0.1, -0.05) is 13.0 Å². The minimum absolute atomic E-state index is 0.0781. The first-order chi connectivity index (χ1) is 5.02. The predicted octanol–water partition coefficient (Wildman–Crippen LogP) is 2.50. The van der Waals surface area contributed by atoms with Gasteiger partial charge >= 0.3 is 0 Å². The van der Waals surface area contributed by atoms with Crippen LogP contribution in [0.4, 0.5) is 0 Å².